The van der Waals surface area contributed by atoms with Crippen molar-refractivity contribution in [3.63, 3.8) is 0 Å². The number of carbonyl (C=O) groups excluding carboxylic acids is 1. The van der Waals surface area contributed by atoms with Crippen molar-refractivity contribution in [3.05, 3.63) is 11.1 Å². The van der Waals surface area contributed by atoms with Gasteiger partial charge in [0.15, 0.2) is 0 Å². The minimum atomic E-state index is -0.195. The summed E-state index contributed by atoms with van der Waals surface area (Å²) < 4.78 is 16.1. The van der Waals surface area contributed by atoms with E-state index in [2.05, 4.69) is 0 Å². The molecule has 0 saturated heterocycles. The molecule has 2 saturated carbocycles. The number of hydrogen-bond donors (Lipinski definition) is 1. The number of ketones is 1. The van der Waals surface area contributed by atoms with E-state index in [1.165, 1.54) is 18.4 Å². The lowest BCUT2D eigenvalue weighted by Crippen LogP contribution is -2.47. The van der Waals surface area contributed by atoms with Gasteiger partial charge in [0.05, 0.1) is 25.9 Å². The average molecular weight is 393 g/mol. The van der Waals surface area contributed by atoms with Gasteiger partial charge in [0.1, 0.15) is 12.6 Å². The largest absolute Gasteiger partial charge is 0.393 e. The molecule has 28 heavy (non-hydrogen) atoms. The summed E-state index contributed by atoms with van der Waals surface area (Å²) in [7, 11) is 1.66. The van der Waals surface area contributed by atoms with Crippen LogP contribution in [0, 0.1) is 23.2 Å². The van der Waals surface area contributed by atoms with E-state index in [1.54, 1.807) is 12.7 Å². The Hall–Kier alpha value is -0.750. The van der Waals surface area contributed by atoms with Crippen molar-refractivity contribution in [2.45, 2.75) is 70.3 Å². The van der Waals surface area contributed by atoms with Crippen LogP contribution in [-0.2, 0) is 19.0 Å². The first-order valence-corrected chi connectivity index (χ1v) is 11.2. The molecule has 4 rings (SSSR count). The van der Waals surface area contributed by atoms with Gasteiger partial charge in [0.2, 0.25) is 0 Å². The first-order valence-electron chi connectivity index (χ1n) is 11.2. The minimum absolute atomic E-state index is 0.0241. The van der Waals surface area contributed by atoms with Crippen molar-refractivity contribution in [2.75, 3.05) is 33.7 Å². The quantitative estimate of drug-likeness (QED) is 0.388. The van der Waals surface area contributed by atoms with Crippen molar-refractivity contribution < 1.29 is 24.1 Å². The van der Waals surface area contributed by atoms with E-state index in [-0.39, 0.29) is 11.5 Å². The van der Waals surface area contributed by atoms with E-state index >= 15 is 0 Å². The summed E-state index contributed by atoms with van der Waals surface area (Å²) in [4.78, 5) is 11.9. The Labute approximate surface area is 168 Å². The fraction of sp³-hybridized carbons (Fsp3) is 0.870. The zero-order chi connectivity index (χ0) is 19.6. The maximum atomic E-state index is 11.9. The SMILES string of the molecule is COCCOCOCC[C@]12CCC3C4=C(CCC3C1CC[C@@H]2O)CC(=O)CC4. The maximum absolute atomic E-state index is 11.9. The third kappa shape index (κ3) is 3.83. The molecule has 158 valence electrons. The summed E-state index contributed by atoms with van der Waals surface area (Å²) in [6.45, 7) is 2.09. The number of methoxy groups -OCH3 is 1. The second-order valence-corrected chi connectivity index (χ2v) is 9.30. The number of aliphatic hydroxyl groups excluding tert-OH is 1. The topological polar surface area (TPSA) is 65.0 Å². The maximum Gasteiger partial charge on any atom is 0.146 e. The standard InChI is InChI=1S/C23H36O5/c1-26-12-13-28-15-27-11-10-23-9-8-19-18-5-3-17(24)14-16(18)2-4-20(19)21(23)6-7-22(23)25/h19-22,25H,2-15H2,1H3/t19?,20?,21?,22-,23+/m0/s1. The summed E-state index contributed by atoms with van der Waals surface area (Å²) in [5.74, 6) is 2.39. The lowest BCUT2D eigenvalue weighted by atomic mass is 9.53. The molecular formula is C23H36O5. The lowest BCUT2D eigenvalue weighted by molar-refractivity contribution is -0.119. The number of Topliss-reactive ketones (excluding diaryl/α,β-unsaturated/α-hetero) is 1. The molecule has 0 aromatic heterocycles. The normalized spacial score (nSPS) is 37.6. The fourth-order valence-electron chi connectivity index (χ4n) is 6.89. The molecule has 0 aromatic carbocycles. The number of carbonyl (C=O) groups is 1. The minimum Gasteiger partial charge on any atom is -0.393 e. The molecule has 5 atom stereocenters. The van der Waals surface area contributed by atoms with Gasteiger partial charge in [-0.25, -0.2) is 0 Å². The van der Waals surface area contributed by atoms with Crippen molar-refractivity contribution >= 4 is 5.78 Å². The molecule has 3 unspecified atom stereocenters. The summed E-state index contributed by atoms with van der Waals surface area (Å²) in [6.07, 6.45) is 9.86. The molecule has 0 amide bonds. The van der Waals surface area contributed by atoms with E-state index in [0.29, 0.717) is 56.6 Å². The van der Waals surface area contributed by atoms with E-state index in [4.69, 9.17) is 14.2 Å². The van der Waals surface area contributed by atoms with E-state index in [9.17, 15) is 9.90 Å². The van der Waals surface area contributed by atoms with Gasteiger partial charge in [-0.05, 0) is 69.1 Å². The van der Waals surface area contributed by atoms with Crippen LogP contribution in [-0.4, -0.2) is 50.7 Å². The monoisotopic (exact) mass is 392 g/mol. The molecule has 2 fully saturated rings. The van der Waals surface area contributed by atoms with Crippen molar-refractivity contribution in [3.8, 4) is 0 Å². The van der Waals surface area contributed by atoms with Crippen LogP contribution in [0.15, 0.2) is 11.1 Å². The van der Waals surface area contributed by atoms with Crippen LogP contribution >= 0.6 is 0 Å². The third-order valence-corrected chi connectivity index (χ3v) is 8.18. The zero-order valence-corrected chi connectivity index (χ0v) is 17.3. The van der Waals surface area contributed by atoms with Crippen LogP contribution in [0.3, 0.4) is 0 Å². The molecule has 0 aliphatic heterocycles. The number of aliphatic hydroxyl groups is 1. The van der Waals surface area contributed by atoms with Crippen molar-refractivity contribution in [1.29, 1.82) is 0 Å². The van der Waals surface area contributed by atoms with Crippen LogP contribution in [0.25, 0.3) is 0 Å². The molecule has 1 N–H and O–H groups in total. The number of rotatable bonds is 8. The van der Waals surface area contributed by atoms with Crippen LogP contribution in [0.1, 0.15) is 64.2 Å². The van der Waals surface area contributed by atoms with E-state index in [0.717, 1.165) is 44.9 Å². The molecule has 4 aliphatic rings. The van der Waals surface area contributed by atoms with Gasteiger partial charge >= 0.3 is 0 Å². The average Bonchev–Trinajstić information content (AvgIpc) is 3.03. The molecule has 0 aromatic rings. The lowest BCUT2D eigenvalue weighted by Gasteiger charge is -2.52. The predicted molar refractivity (Wildman–Crippen MR) is 106 cm³/mol. The Morgan fingerprint density at radius 3 is 2.75 bits per heavy atom. The van der Waals surface area contributed by atoms with Crippen molar-refractivity contribution in [1.82, 2.24) is 0 Å². The number of allylic oxidation sites excluding steroid dienone is 2. The highest BCUT2D eigenvalue weighted by Gasteiger charge is 2.56. The highest BCUT2D eigenvalue weighted by molar-refractivity contribution is 5.82. The first kappa shape index (κ1) is 20.5. The second kappa shape index (κ2) is 8.95. The highest BCUT2D eigenvalue weighted by Crippen LogP contribution is 2.62. The van der Waals surface area contributed by atoms with Gasteiger partial charge in [-0.1, -0.05) is 11.1 Å². The molecular weight excluding hydrogens is 356 g/mol. The van der Waals surface area contributed by atoms with Crippen LogP contribution in [0.2, 0.25) is 0 Å². The Balaban J connectivity index is 1.39. The molecule has 5 nitrogen and oxygen atoms in total. The molecule has 4 aliphatic carbocycles. The summed E-state index contributed by atoms with van der Waals surface area (Å²) in [5.41, 5.74) is 3.13. The van der Waals surface area contributed by atoms with Gasteiger partial charge in [-0.3, -0.25) is 4.79 Å². The Bertz CT molecular complexity index is 600. The summed E-state index contributed by atoms with van der Waals surface area (Å²) in [6, 6.07) is 0. The smallest absolute Gasteiger partial charge is 0.146 e. The van der Waals surface area contributed by atoms with Gasteiger partial charge < -0.3 is 19.3 Å². The Morgan fingerprint density at radius 1 is 1.04 bits per heavy atom. The van der Waals surface area contributed by atoms with Crippen LogP contribution < -0.4 is 0 Å². The molecule has 0 radical (unpaired) electrons. The summed E-state index contributed by atoms with van der Waals surface area (Å²) >= 11 is 0. The zero-order valence-electron chi connectivity index (χ0n) is 17.3. The number of ether oxygens (including phenoxy) is 3. The van der Waals surface area contributed by atoms with Gasteiger partial charge in [-0.15, -0.1) is 0 Å². The number of fused-ring (bicyclic) bond motifs is 4. The molecule has 5 heteroatoms. The Kier molecular flexibility index (Phi) is 6.56. The highest BCUT2D eigenvalue weighted by atomic mass is 16.7. The molecule has 0 spiro atoms. The first-order chi connectivity index (χ1) is 13.7. The third-order valence-electron chi connectivity index (χ3n) is 8.18. The Morgan fingerprint density at radius 2 is 1.89 bits per heavy atom. The van der Waals surface area contributed by atoms with Gasteiger partial charge in [0, 0.05) is 25.4 Å². The van der Waals surface area contributed by atoms with Crippen LogP contribution in [0.5, 0.6) is 0 Å². The summed E-state index contributed by atoms with van der Waals surface area (Å²) in [5, 5.41) is 10.9. The molecule has 0 bridgehead atoms. The van der Waals surface area contributed by atoms with E-state index < -0.39 is 0 Å². The van der Waals surface area contributed by atoms with Crippen LogP contribution in [0.4, 0.5) is 0 Å². The fourth-order valence-corrected chi connectivity index (χ4v) is 6.89. The second-order valence-electron chi connectivity index (χ2n) is 9.30. The van der Waals surface area contributed by atoms with Crippen molar-refractivity contribution in [2.24, 2.45) is 23.2 Å². The van der Waals surface area contributed by atoms with Gasteiger partial charge in [-0.2, -0.15) is 0 Å². The number of hydrogen-bond acceptors (Lipinski definition) is 5. The molecule has 0 heterocycles. The van der Waals surface area contributed by atoms with E-state index in [1.807, 2.05) is 0 Å². The predicted octanol–water partition coefficient (Wildman–Crippen LogP) is 3.64. The van der Waals surface area contributed by atoms with Gasteiger partial charge in [0.25, 0.3) is 0 Å².